The zero-order chi connectivity index (χ0) is 26.0. The number of ether oxygens (including phenoxy) is 2. The van der Waals surface area contributed by atoms with Crippen molar-refractivity contribution in [1.29, 1.82) is 0 Å². The van der Waals surface area contributed by atoms with Crippen LogP contribution in [0.15, 0.2) is 88.5 Å². The molecule has 0 aliphatic heterocycles. The highest BCUT2D eigenvalue weighted by Crippen LogP contribution is 2.34. The van der Waals surface area contributed by atoms with E-state index in [1.54, 1.807) is 60.7 Å². The molecular formula is C25H17ClF4N2O4. The number of alkyl halides is 3. The van der Waals surface area contributed by atoms with E-state index in [9.17, 15) is 27.2 Å². The molecule has 6 nitrogen and oxygen atoms in total. The topological polar surface area (TPSA) is 62.5 Å². The Bertz CT molecular complexity index is 1500. The SMILES string of the molecule is Cn1c(C(F)(F)F)cc(=O)n(-c2cc(OC(Oc3ccccc3)c3ccccc3)c(Cl)cc2F)c1=O. The second-order valence-electron chi connectivity index (χ2n) is 7.57. The molecular weight excluding hydrogens is 504 g/mol. The van der Waals surface area contributed by atoms with Crippen LogP contribution >= 0.6 is 11.6 Å². The van der Waals surface area contributed by atoms with E-state index in [-0.39, 0.29) is 26.0 Å². The highest BCUT2D eigenvalue weighted by Gasteiger charge is 2.35. The van der Waals surface area contributed by atoms with Gasteiger partial charge in [0, 0.05) is 24.7 Å². The van der Waals surface area contributed by atoms with Gasteiger partial charge in [0.25, 0.3) is 11.8 Å². The van der Waals surface area contributed by atoms with Crippen molar-refractivity contribution in [3.63, 3.8) is 0 Å². The number of nitrogens with zero attached hydrogens (tertiary/aromatic N) is 2. The van der Waals surface area contributed by atoms with Crippen LogP contribution in [0.3, 0.4) is 0 Å². The molecule has 0 aliphatic carbocycles. The lowest BCUT2D eigenvalue weighted by Gasteiger charge is -2.22. The van der Waals surface area contributed by atoms with E-state index >= 15 is 0 Å². The number of hydrogen-bond acceptors (Lipinski definition) is 4. The maximum Gasteiger partial charge on any atom is 0.431 e. The Hall–Kier alpha value is -4.05. The Labute approximate surface area is 206 Å². The summed E-state index contributed by atoms with van der Waals surface area (Å²) in [7, 11) is 0.825. The van der Waals surface area contributed by atoms with Crippen LogP contribution in [0.5, 0.6) is 11.5 Å². The lowest BCUT2D eigenvalue weighted by Crippen LogP contribution is -2.41. The highest BCUT2D eigenvalue weighted by atomic mass is 35.5. The first-order chi connectivity index (χ1) is 17.1. The summed E-state index contributed by atoms with van der Waals surface area (Å²) in [4.78, 5) is 25.1. The van der Waals surface area contributed by atoms with E-state index in [0.717, 1.165) is 19.2 Å². The number of benzene rings is 3. The van der Waals surface area contributed by atoms with Crippen molar-refractivity contribution < 1.29 is 27.0 Å². The zero-order valence-electron chi connectivity index (χ0n) is 18.5. The molecule has 1 unspecified atom stereocenters. The third kappa shape index (κ3) is 5.13. The summed E-state index contributed by atoms with van der Waals surface area (Å²) in [5.74, 6) is -0.851. The van der Waals surface area contributed by atoms with Crippen LogP contribution in [0, 0.1) is 5.82 Å². The van der Waals surface area contributed by atoms with Gasteiger partial charge in [0.1, 0.15) is 23.0 Å². The summed E-state index contributed by atoms with van der Waals surface area (Å²) >= 11 is 6.18. The fourth-order valence-corrected chi connectivity index (χ4v) is 3.60. The molecule has 0 saturated carbocycles. The lowest BCUT2D eigenvalue weighted by molar-refractivity contribution is -0.144. The van der Waals surface area contributed by atoms with Gasteiger partial charge in [-0.3, -0.25) is 9.36 Å². The molecule has 3 aromatic carbocycles. The molecule has 11 heteroatoms. The standard InChI is InChI=1S/C25H17ClF4N2O4/c1-31-21(25(28,29)30)14-22(33)32(24(31)34)19-13-20(17(26)12-18(19)27)36-23(15-8-4-2-5-9-15)35-16-10-6-3-7-11-16/h2-14,23H,1H3. The molecule has 0 amide bonds. The van der Waals surface area contributed by atoms with Crippen molar-refractivity contribution in [2.45, 2.75) is 12.5 Å². The van der Waals surface area contributed by atoms with E-state index in [1.165, 1.54) is 0 Å². The van der Waals surface area contributed by atoms with Gasteiger partial charge in [0.15, 0.2) is 0 Å². The maximum atomic E-state index is 14.8. The summed E-state index contributed by atoms with van der Waals surface area (Å²) in [6.07, 6.45) is -6.05. The smallest absolute Gasteiger partial charge is 0.431 e. The van der Waals surface area contributed by atoms with Crippen LogP contribution in [0.4, 0.5) is 17.6 Å². The quantitative estimate of drug-likeness (QED) is 0.249. The minimum Gasteiger partial charge on any atom is -0.451 e. The molecule has 0 spiro atoms. The van der Waals surface area contributed by atoms with Crippen LogP contribution in [0.25, 0.3) is 5.69 Å². The number of para-hydroxylation sites is 1. The molecule has 1 aromatic heterocycles. The Morgan fingerprint density at radius 3 is 2.11 bits per heavy atom. The molecule has 0 saturated heterocycles. The summed E-state index contributed by atoms with van der Waals surface area (Å²) in [5.41, 5.74) is -4.33. The fourth-order valence-electron chi connectivity index (χ4n) is 3.41. The predicted octanol–water partition coefficient (Wildman–Crippen LogP) is 5.50. The number of rotatable bonds is 6. The van der Waals surface area contributed by atoms with E-state index < -0.39 is 40.9 Å². The summed E-state index contributed by atoms with van der Waals surface area (Å²) < 4.78 is 66.7. The van der Waals surface area contributed by atoms with Crippen LogP contribution < -0.4 is 20.7 Å². The first kappa shape index (κ1) is 25.1. The molecule has 36 heavy (non-hydrogen) atoms. The van der Waals surface area contributed by atoms with E-state index in [1.807, 2.05) is 0 Å². The molecule has 0 aliphatic rings. The van der Waals surface area contributed by atoms with Crippen LogP contribution in [0.1, 0.15) is 17.5 Å². The summed E-state index contributed by atoms with van der Waals surface area (Å²) in [6, 6.07) is 19.3. The van der Waals surface area contributed by atoms with Crippen molar-refractivity contribution in [3.05, 3.63) is 122 Å². The molecule has 0 N–H and O–H groups in total. The van der Waals surface area contributed by atoms with Crippen molar-refractivity contribution >= 4 is 11.6 Å². The van der Waals surface area contributed by atoms with Crippen molar-refractivity contribution in [1.82, 2.24) is 9.13 Å². The Kier molecular flexibility index (Phi) is 6.89. The van der Waals surface area contributed by atoms with Crippen molar-refractivity contribution in [2.24, 2.45) is 7.05 Å². The van der Waals surface area contributed by atoms with Crippen LogP contribution in [-0.2, 0) is 13.2 Å². The second kappa shape index (κ2) is 9.90. The molecule has 0 fully saturated rings. The average Bonchev–Trinajstić information content (AvgIpc) is 2.84. The van der Waals surface area contributed by atoms with E-state index in [4.69, 9.17) is 21.1 Å². The van der Waals surface area contributed by atoms with Crippen LogP contribution in [0.2, 0.25) is 5.02 Å². The molecule has 1 atom stereocenters. The first-order valence-electron chi connectivity index (χ1n) is 10.4. The number of hydrogen-bond donors (Lipinski definition) is 0. The van der Waals surface area contributed by atoms with Gasteiger partial charge in [-0.1, -0.05) is 60.1 Å². The number of halogens is 5. The van der Waals surface area contributed by atoms with E-state index in [2.05, 4.69) is 0 Å². The normalized spacial score (nSPS) is 12.3. The Morgan fingerprint density at radius 1 is 0.889 bits per heavy atom. The predicted molar refractivity (Wildman–Crippen MR) is 124 cm³/mol. The van der Waals surface area contributed by atoms with Gasteiger partial charge < -0.3 is 9.47 Å². The minimum atomic E-state index is -4.96. The van der Waals surface area contributed by atoms with Gasteiger partial charge in [0.05, 0.1) is 10.7 Å². The van der Waals surface area contributed by atoms with Gasteiger partial charge in [-0.2, -0.15) is 13.2 Å². The number of aromatic nitrogens is 2. The van der Waals surface area contributed by atoms with E-state index in [0.29, 0.717) is 11.3 Å². The third-order valence-electron chi connectivity index (χ3n) is 5.14. The molecule has 186 valence electrons. The van der Waals surface area contributed by atoms with Crippen LogP contribution in [-0.4, -0.2) is 9.13 Å². The van der Waals surface area contributed by atoms with Gasteiger partial charge in [-0.15, -0.1) is 0 Å². The largest absolute Gasteiger partial charge is 0.451 e. The maximum absolute atomic E-state index is 14.8. The monoisotopic (exact) mass is 520 g/mol. The summed E-state index contributed by atoms with van der Waals surface area (Å²) in [6.45, 7) is 0. The van der Waals surface area contributed by atoms with Gasteiger partial charge in [-0.05, 0) is 18.2 Å². The third-order valence-corrected chi connectivity index (χ3v) is 5.44. The minimum absolute atomic E-state index is 0.174. The molecule has 0 radical (unpaired) electrons. The second-order valence-corrected chi connectivity index (χ2v) is 7.98. The first-order valence-corrected chi connectivity index (χ1v) is 10.8. The average molecular weight is 521 g/mol. The highest BCUT2D eigenvalue weighted by molar-refractivity contribution is 6.32. The van der Waals surface area contributed by atoms with Gasteiger partial charge >= 0.3 is 11.9 Å². The fraction of sp³-hybridized carbons (Fsp3) is 0.120. The Morgan fingerprint density at radius 2 is 1.50 bits per heavy atom. The molecule has 1 heterocycles. The molecule has 0 bridgehead atoms. The zero-order valence-corrected chi connectivity index (χ0v) is 19.3. The van der Waals surface area contributed by atoms with Gasteiger partial charge in [0.2, 0.25) is 0 Å². The van der Waals surface area contributed by atoms with Gasteiger partial charge in [-0.25, -0.2) is 13.8 Å². The summed E-state index contributed by atoms with van der Waals surface area (Å²) in [5, 5.41) is -0.217. The van der Waals surface area contributed by atoms with Crippen molar-refractivity contribution in [3.8, 4) is 17.2 Å². The lowest BCUT2D eigenvalue weighted by atomic mass is 10.2. The molecule has 4 rings (SSSR count). The van der Waals surface area contributed by atoms with Crippen molar-refractivity contribution in [2.75, 3.05) is 0 Å². The Balaban J connectivity index is 1.81. The molecule has 4 aromatic rings.